The number of aryl methyl sites for hydroxylation is 1. The lowest BCUT2D eigenvalue weighted by atomic mass is 10.2. The Kier molecular flexibility index (Phi) is 2.15. The van der Waals surface area contributed by atoms with E-state index in [1.165, 1.54) is 5.56 Å². The Morgan fingerprint density at radius 2 is 2.05 bits per heavy atom. The highest BCUT2D eigenvalue weighted by Crippen LogP contribution is 2.29. The van der Waals surface area contributed by atoms with Crippen LogP contribution in [0.3, 0.4) is 0 Å². The Bertz CT molecular complexity index is 933. The molecule has 0 atom stereocenters. The number of para-hydroxylation sites is 1. The molecule has 0 aliphatic carbocycles. The maximum Gasteiger partial charge on any atom is 0.174 e. The van der Waals surface area contributed by atoms with Crippen molar-refractivity contribution in [2.75, 3.05) is 5.73 Å². The van der Waals surface area contributed by atoms with Crippen molar-refractivity contribution >= 4 is 27.7 Å². The predicted octanol–water partition coefficient (Wildman–Crippen LogP) is 3.87. The van der Waals surface area contributed by atoms with Gasteiger partial charge in [0.1, 0.15) is 11.1 Å². The summed E-state index contributed by atoms with van der Waals surface area (Å²) in [6, 6.07) is 13.8. The van der Waals surface area contributed by atoms with Crippen LogP contribution in [0.25, 0.3) is 33.6 Å². The van der Waals surface area contributed by atoms with Crippen LogP contribution in [0.5, 0.6) is 0 Å². The van der Waals surface area contributed by atoms with E-state index in [0.29, 0.717) is 11.5 Å². The molecule has 2 aromatic carbocycles. The number of hydrogen-bond donors (Lipinski definition) is 2. The van der Waals surface area contributed by atoms with Crippen LogP contribution in [-0.4, -0.2) is 9.97 Å². The minimum absolute atomic E-state index is 0.664. The first kappa shape index (κ1) is 11.1. The Balaban J connectivity index is 1.94. The molecule has 98 valence electrons. The van der Waals surface area contributed by atoms with Crippen molar-refractivity contribution in [1.29, 1.82) is 0 Å². The van der Waals surface area contributed by atoms with Crippen LogP contribution in [0.4, 0.5) is 5.69 Å². The van der Waals surface area contributed by atoms with Gasteiger partial charge in [-0.1, -0.05) is 17.7 Å². The number of rotatable bonds is 1. The van der Waals surface area contributed by atoms with Crippen molar-refractivity contribution in [3.63, 3.8) is 0 Å². The van der Waals surface area contributed by atoms with Crippen LogP contribution in [0, 0.1) is 6.92 Å². The smallest absolute Gasteiger partial charge is 0.174 e. The van der Waals surface area contributed by atoms with Gasteiger partial charge in [0.15, 0.2) is 11.6 Å². The highest BCUT2D eigenvalue weighted by atomic mass is 16.3. The van der Waals surface area contributed by atoms with Crippen LogP contribution < -0.4 is 5.73 Å². The van der Waals surface area contributed by atoms with Gasteiger partial charge in [0.05, 0.1) is 11.2 Å². The van der Waals surface area contributed by atoms with Gasteiger partial charge in [0.25, 0.3) is 0 Å². The summed E-state index contributed by atoms with van der Waals surface area (Å²) in [5.41, 5.74) is 10.4. The van der Waals surface area contributed by atoms with Gasteiger partial charge >= 0.3 is 0 Å². The SMILES string of the molecule is Cc1ccc2oc(-c3nc4c(N)cccc4[nH]3)cc2c1. The number of H-pyrrole nitrogens is 1. The number of aromatic nitrogens is 2. The molecule has 4 nitrogen and oxygen atoms in total. The van der Waals surface area contributed by atoms with Crippen molar-refractivity contribution < 1.29 is 4.42 Å². The zero-order chi connectivity index (χ0) is 13.7. The average Bonchev–Trinajstić information content (AvgIpc) is 3.01. The van der Waals surface area contributed by atoms with Gasteiger partial charge in [0.2, 0.25) is 0 Å². The number of imidazole rings is 1. The molecule has 4 heteroatoms. The number of anilines is 1. The molecule has 0 aliphatic heterocycles. The van der Waals surface area contributed by atoms with Gasteiger partial charge < -0.3 is 15.1 Å². The molecule has 0 spiro atoms. The third kappa shape index (κ3) is 1.58. The standard InChI is InChI=1S/C16H13N3O/c1-9-5-6-13-10(7-9)8-14(20-13)16-18-12-4-2-3-11(17)15(12)19-16/h2-8H,17H2,1H3,(H,18,19). The maximum atomic E-state index is 5.93. The number of aromatic amines is 1. The van der Waals surface area contributed by atoms with E-state index >= 15 is 0 Å². The fraction of sp³-hybridized carbons (Fsp3) is 0.0625. The minimum atomic E-state index is 0.664. The first-order valence-corrected chi connectivity index (χ1v) is 6.45. The Morgan fingerprint density at radius 1 is 1.15 bits per heavy atom. The Hall–Kier alpha value is -2.75. The lowest BCUT2D eigenvalue weighted by molar-refractivity contribution is 0.626. The molecule has 0 unspecified atom stereocenters. The summed E-state index contributed by atoms with van der Waals surface area (Å²) in [5, 5.41) is 1.08. The van der Waals surface area contributed by atoms with Crippen LogP contribution in [0.2, 0.25) is 0 Å². The van der Waals surface area contributed by atoms with Gasteiger partial charge in [-0.2, -0.15) is 0 Å². The van der Waals surface area contributed by atoms with E-state index in [9.17, 15) is 0 Å². The van der Waals surface area contributed by atoms with E-state index in [1.807, 2.05) is 36.4 Å². The molecule has 0 saturated heterocycles. The van der Waals surface area contributed by atoms with Crippen LogP contribution in [-0.2, 0) is 0 Å². The van der Waals surface area contributed by atoms with Crippen LogP contribution in [0.15, 0.2) is 46.9 Å². The number of nitrogens with one attached hydrogen (secondary N) is 1. The fourth-order valence-corrected chi connectivity index (χ4v) is 2.45. The zero-order valence-corrected chi connectivity index (χ0v) is 11.0. The molecular weight excluding hydrogens is 250 g/mol. The summed E-state index contributed by atoms with van der Waals surface area (Å²) in [5.74, 6) is 1.42. The summed E-state index contributed by atoms with van der Waals surface area (Å²) >= 11 is 0. The molecule has 4 rings (SSSR count). The van der Waals surface area contributed by atoms with E-state index in [-0.39, 0.29) is 0 Å². The molecule has 2 heterocycles. The van der Waals surface area contributed by atoms with Crippen molar-refractivity contribution in [2.45, 2.75) is 6.92 Å². The molecule has 0 fully saturated rings. The second kappa shape index (κ2) is 3.87. The number of fused-ring (bicyclic) bond motifs is 2. The number of furan rings is 1. The summed E-state index contributed by atoms with van der Waals surface area (Å²) < 4.78 is 5.84. The average molecular weight is 263 g/mol. The quantitative estimate of drug-likeness (QED) is 0.512. The normalized spacial score (nSPS) is 11.4. The van der Waals surface area contributed by atoms with Gasteiger partial charge in [-0.15, -0.1) is 0 Å². The molecule has 4 aromatic rings. The van der Waals surface area contributed by atoms with Gasteiger partial charge in [-0.3, -0.25) is 0 Å². The van der Waals surface area contributed by atoms with Crippen LogP contribution >= 0.6 is 0 Å². The van der Waals surface area contributed by atoms with E-state index in [0.717, 1.165) is 27.8 Å². The van der Waals surface area contributed by atoms with E-state index in [1.54, 1.807) is 0 Å². The molecule has 0 amide bonds. The monoisotopic (exact) mass is 263 g/mol. The zero-order valence-electron chi connectivity index (χ0n) is 11.0. The van der Waals surface area contributed by atoms with Gasteiger partial charge in [0, 0.05) is 5.39 Å². The first-order valence-electron chi connectivity index (χ1n) is 6.45. The van der Waals surface area contributed by atoms with Crippen molar-refractivity contribution in [2.24, 2.45) is 0 Å². The summed E-state index contributed by atoms with van der Waals surface area (Å²) in [6.07, 6.45) is 0. The lowest BCUT2D eigenvalue weighted by Crippen LogP contribution is -1.84. The summed E-state index contributed by atoms with van der Waals surface area (Å²) in [4.78, 5) is 7.77. The maximum absolute atomic E-state index is 5.93. The second-order valence-corrected chi connectivity index (χ2v) is 4.98. The Morgan fingerprint density at radius 3 is 2.90 bits per heavy atom. The van der Waals surface area contributed by atoms with Crippen LogP contribution in [0.1, 0.15) is 5.56 Å². The molecule has 20 heavy (non-hydrogen) atoms. The highest BCUT2D eigenvalue weighted by Gasteiger charge is 2.11. The Labute approximate surface area is 115 Å². The lowest BCUT2D eigenvalue weighted by Gasteiger charge is -1.90. The number of nitrogen functional groups attached to an aromatic ring is 1. The highest BCUT2D eigenvalue weighted by molar-refractivity contribution is 5.90. The summed E-state index contributed by atoms with van der Waals surface area (Å²) in [7, 11) is 0. The molecular formula is C16H13N3O. The number of nitrogens with zero attached hydrogens (tertiary/aromatic N) is 1. The van der Waals surface area contributed by atoms with Crippen molar-refractivity contribution in [3.8, 4) is 11.6 Å². The number of nitrogens with two attached hydrogens (primary N) is 1. The van der Waals surface area contributed by atoms with Crippen molar-refractivity contribution in [3.05, 3.63) is 48.0 Å². The number of hydrogen-bond acceptors (Lipinski definition) is 3. The first-order chi connectivity index (χ1) is 9.70. The third-order valence-corrected chi connectivity index (χ3v) is 3.45. The molecule has 0 bridgehead atoms. The molecule has 0 radical (unpaired) electrons. The van der Waals surface area contributed by atoms with E-state index in [2.05, 4.69) is 23.0 Å². The molecule has 0 saturated carbocycles. The third-order valence-electron chi connectivity index (χ3n) is 3.45. The van der Waals surface area contributed by atoms with Gasteiger partial charge in [-0.05, 0) is 37.3 Å². The summed E-state index contributed by atoms with van der Waals surface area (Å²) in [6.45, 7) is 2.06. The fourth-order valence-electron chi connectivity index (χ4n) is 2.45. The number of benzene rings is 2. The van der Waals surface area contributed by atoms with E-state index in [4.69, 9.17) is 10.2 Å². The topological polar surface area (TPSA) is 67.8 Å². The van der Waals surface area contributed by atoms with Gasteiger partial charge in [-0.25, -0.2) is 4.98 Å². The minimum Gasteiger partial charge on any atom is -0.453 e. The van der Waals surface area contributed by atoms with E-state index < -0.39 is 0 Å². The molecule has 3 N–H and O–H groups in total. The molecule has 2 aromatic heterocycles. The molecule has 0 aliphatic rings. The largest absolute Gasteiger partial charge is 0.453 e. The second-order valence-electron chi connectivity index (χ2n) is 4.98. The van der Waals surface area contributed by atoms with Crippen molar-refractivity contribution in [1.82, 2.24) is 9.97 Å². The predicted molar refractivity (Wildman–Crippen MR) is 80.5 cm³/mol.